The lowest BCUT2D eigenvalue weighted by Crippen LogP contribution is -2.70. The molecule has 2 aromatic rings. The first-order valence-electron chi connectivity index (χ1n) is 10.9. The molecule has 1 aromatic carbocycles. The van der Waals surface area contributed by atoms with Crippen LogP contribution in [0.15, 0.2) is 40.6 Å². The van der Waals surface area contributed by atoms with Crippen LogP contribution in [-0.2, 0) is 25.6 Å². The summed E-state index contributed by atoms with van der Waals surface area (Å²) in [6, 6.07) is 5.51. The molecule has 2 aliphatic rings. The Morgan fingerprint density at radius 2 is 1.92 bits per heavy atom. The quantitative estimate of drug-likeness (QED) is 0.0963. The molecule has 200 valence electrons. The fraction of sp³-hybridized carbons (Fsp3) is 0.286. The van der Waals surface area contributed by atoms with Crippen LogP contribution >= 0.6 is 23.5 Å². The lowest BCUT2D eigenvalue weighted by Gasteiger charge is -2.49. The highest BCUT2D eigenvalue weighted by atomic mass is 32.2. The first-order chi connectivity index (χ1) is 18.1. The van der Waals surface area contributed by atoms with Gasteiger partial charge in [-0.25, -0.2) is 9.59 Å². The smallest absolute Gasteiger partial charge is 0.352 e. The third-order valence-corrected chi connectivity index (χ3v) is 8.00. The first kappa shape index (κ1) is 27.0. The molecule has 3 heterocycles. The number of rotatable bonds is 11. The molecular weight excluding hydrogens is 540 g/mol. The predicted octanol–water partition coefficient (Wildman–Crippen LogP) is -1.24. The molecule has 2 aliphatic heterocycles. The molecule has 0 radical (unpaired) electrons. The number of benzene rings is 1. The number of nitrogens with zero attached hydrogens (tertiary/aromatic N) is 3. The number of amides is 3. The van der Waals surface area contributed by atoms with Gasteiger partial charge in [-0.2, -0.15) is 5.21 Å². The Bertz CT molecular complexity index is 1330. The summed E-state index contributed by atoms with van der Waals surface area (Å²) in [6.07, 6.45) is -1.32. The number of carboxylic acid groups (broad SMARTS) is 2. The number of β-lactam (4-membered cyclic amide) rings is 1. The van der Waals surface area contributed by atoms with Gasteiger partial charge in [0.2, 0.25) is 5.91 Å². The Balaban J connectivity index is 1.37. The molecule has 9 N–H and O–H groups in total. The number of hydrogen-bond acceptors (Lipinski definition) is 11. The van der Waals surface area contributed by atoms with Crippen LogP contribution in [0.25, 0.3) is 0 Å². The molecule has 38 heavy (non-hydrogen) atoms. The number of primary amides is 1. The minimum Gasteiger partial charge on any atom is -0.479 e. The van der Waals surface area contributed by atoms with E-state index in [4.69, 9.17) is 16.6 Å². The number of nitrogens with one attached hydrogen (secondary N) is 3. The summed E-state index contributed by atoms with van der Waals surface area (Å²) in [5.74, 6) is -3.83. The summed E-state index contributed by atoms with van der Waals surface area (Å²) in [7, 11) is 0. The van der Waals surface area contributed by atoms with Crippen molar-refractivity contribution in [2.75, 3.05) is 16.8 Å². The van der Waals surface area contributed by atoms with Gasteiger partial charge in [-0.3, -0.25) is 19.3 Å². The van der Waals surface area contributed by atoms with Gasteiger partial charge in [0.15, 0.2) is 16.9 Å². The number of nitrogens with two attached hydrogens (primary N) is 2. The van der Waals surface area contributed by atoms with E-state index in [2.05, 4.69) is 26.0 Å². The summed E-state index contributed by atoms with van der Waals surface area (Å²) < 4.78 is 0. The van der Waals surface area contributed by atoms with Gasteiger partial charge in [0.05, 0.1) is 6.42 Å². The molecule has 2 unspecified atom stereocenters. The van der Waals surface area contributed by atoms with Gasteiger partial charge in [0.25, 0.3) is 11.8 Å². The van der Waals surface area contributed by atoms with Crippen molar-refractivity contribution in [1.82, 2.24) is 25.6 Å². The third-order valence-electron chi connectivity index (χ3n) is 5.61. The lowest BCUT2D eigenvalue weighted by atomic mass is 10.0. The zero-order valence-electron chi connectivity index (χ0n) is 19.4. The maximum Gasteiger partial charge on any atom is 0.352 e. The normalized spacial score (nSPS) is 19.3. The molecule has 4 rings (SSSR count). The second-order valence-corrected chi connectivity index (χ2v) is 10.2. The van der Waals surface area contributed by atoms with Crippen LogP contribution in [-0.4, -0.2) is 89.3 Å². The molecule has 15 nitrogen and oxygen atoms in total. The lowest BCUT2D eigenvalue weighted by molar-refractivity contribution is -0.150. The fourth-order valence-corrected chi connectivity index (χ4v) is 6.22. The third kappa shape index (κ3) is 5.58. The Morgan fingerprint density at radius 3 is 2.55 bits per heavy atom. The van der Waals surface area contributed by atoms with E-state index in [-0.39, 0.29) is 34.3 Å². The number of aromatic nitrogens is 3. The molecule has 0 saturated carbocycles. The minimum atomic E-state index is -1.28. The van der Waals surface area contributed by atoms with Crippen molar-refractivity contribution in [2.24, 2.45) is 11.5 Å². The Kier molecular flexibility index (Phi) is 7.88. The van der Waals surface area contributed by atoms with Gasteiger partial charge in [0.1, 0.15) is 17.1 Å². The van der Waals surface area contributed by atoms with Gasteiger partial charge < -0.3 is 32.3 Å². The van der Waals surface area contributed by atoms with Crippen LogP contribution in [0.4, 0.5) is 5.69 Å². The Hall–Kier alpha value is -4.09. The average Bonchev–Trinajstić information content (AvgIpc) is 3.35. The van der Waals surface area contributed by atoms with Gasteiger partial charge in [-0.05, 0) is 23.3 Å². The van der Waals surface area contributed by atoms with E-state index >= 15 is 0 Å². The van der Waals surface area contributed by atoms with Gasteiger partial charge >= 0.3 is 11.9 Å². The number of hydrogen-bond donors (Lipinski definition) is 7. The molecule has 0 aliphatic carbocycles. The number of thioether (sulfide) groups is 2. The fourth-order valence-electron chi connectivity index (χ4n) is 3.80. The second kappa shape index (κ2) is 11.1. The van der Waals surface area contributed by atoms with Crippen molar-refractivity contribution in [2.45, 2.75) is 29.0 Å². The summed E-state index contributed by atoms with van der Waals surface area (Å²) in [5.41, 5.74) is 12.0. The maximum absolute atomic E-state index is 12.9. The van der Waals surface area contributed by atoms with Crippen molar-refractivity contribution in [3.8, 4) is 0 Å². The monoisotopic (exact) mass is 562 g/mol. The van der Waals surface area contributed by atoms with Crippen LogP contribution in [0.3, 0.4) is 0 Å². The van der Waals surface area contributed by atoms with E-state index in [1.54, 1.807) is 24.3 Å². The van der Waals surface area contributed by atoms with Crippen LogP contribution < -0.4 is 22.1 Å². The predicted molar refractivity (Wildman–Crippen MR) is 135 cm³/mol. The molecule has 17 heteroatoms. The maximum atomic E-state index is 12.9. The SMILES string of the molecule is NC(=O)c1n[nH]nc1SCC1=C(C(=O)O)N2C(=O)C(NC(=O)Cc3ccc(NC(N)C(=O)O)cc3)[C@@H]2SC1. The molecule has 0 bridgehead atoms. The number of carboxylic acids is 2. The molecule has 1 aromatic heterocycles. The van der Waals surface area contributed by atoms with E-state index in [9.17, 15) is 29.1 Å². The molecule has 1 fully saturated rings. The molecule has 3 atom stereocenters. The van der Waals surface area contributed by atoms with E-state index in [0.717, 1.165) is 16.7 Å². The van der Waals surface area contributed by atoms with Crippen molar-refractivity contribution in [1.29, 1.82) is 0 Å². The summed E-state index contributed by atoms with van der Waals surface area (Å²) in [6.45, 7) is 0. The van der Waals surface area contributed by atoms with E-state index in [1.165, 1.54) is 11.8 Å². The first-order valence-corrected chi connectivity index (χ1v) is 13.0. The molecule has 1 saturated heterocycles. The van der Waals surface area contributed by atoms with E-state index < -0.39 is 47.2 Å². The van der Waals surface area contributed by atoms with Crippen molar-refractivity contribution in [3.05, 3.63) is 46.8 Å². The Labute approximate surface area is 222 Å². The average molecular weight is 563 g/mol. The topological polar surface area (TPSA) is 247 Å². The van der Waals surface area contributed by atoms with Gasteiger partial charge in [-0.15, -0.1) is 22.0 Å². The van der Waals surface area contributed by atoms with Crippen molar-refractivity contribution < 1.29 is 34.2 Å². The number of aliphatic carboxylic acids is 2. The largest absolute Gasteiger partial charge is 0.479 e. The van der Waals surface area contributed by atoms with E-state index in [1.807, 2.05) is 0 Å². The highest BCUT2D eigenvalue weighted by molar-refractivity contribution is 8.01. The van der Waals surface area contributed by atoms with Crippen molar-refractivity contribution >= 4 is 58.9 Å². The zero-order valence-corrected chi connectivity index (χ0v) is 21.0. The number of aromatic amines is 1. The van der Waals surface area contributed by atoms with Crippen LogP contribution in [0.2, 0.25) is 0 Å². The highest BCUT2D eigenvalue weighted by Gasteiger charge is 2.54. The summed E-state index contributed by atoms with van der Waals surface area (Å²) in [5, 5.41) is 33.4. The summed E-state index contributed by atoms with van der Waals surface area (Å²) >= 11 is 2.38. The number of carbonyl (C=O) groups excluding carboxylic acids is 3. The standard InChI is InChI=1S/C21H22N8O7S2/c22-15(21(35)36)24-10-3-1-8(2-4-10)5-11(30)25-13-18(32)29-14(20(33)34)9(7-38-19(13)29)6-37-17-12(16(23)31)26-28-27-17/h1-4,13,15,19,24H,5-7,22H2,(H2,23,31)(H,25,30)(H,33,34)(H,35,36)(H,26,27,28)/t13?,15?,19-/m0/s1. The highest BCUT2D eigenvalue weighted by Crippen LogP contribution is 2.41. The summed E-state index contributed by atoms with van der Waals surface area (Å²) in [4.78, 5) is 60.9. The number of fused-ring (bicyclic) bond motifs is 1. The molecular formula is C21H22N8O7S2. The minimum absolute atomic E-state index is 0.0458. The molecule has 0 spiro atoms. The second-order valence-electron chi connectivity index (χ2n) is 8.18. The zero-order chi connectivity index (χ0) is 27.6. The van der Waals surface area contributed by atoms with Crippen LogP contribution in [0, 0.1) is 0 Å². The number of carbonyl (C=O) groups is 5. The van der Waals surface area contributed by atoms with Gasteiger partial charge in [-0.1, -0.05) is 23.9 Å². The number of anilines is 1. The van der Waals surface area contributed by atoms with Crippen LogP contribution in [0.5, 0.6) is 0 Å². The Morgan fingerprint density at radius 1 is 1.21 bits per heavy atom. The van der Waals surface area contributed by atoms with Gasteiger partial charge in [0, 0.05) is 17.2 Å². The number of H-pyrrole nitrogens is 1. The molecule has 3 amide bonds. The van der Waals surface area contributed by atoms with E-state index in [0.29, 0.717) is 16.8 Å². The van der Waals surface area contributed by atoms with Crippen LogP contribution in [0.1, 0.15) is 16.1 Å². The van der Waals surface area contributed by atoms with Crippen molar-refractivity contribution in [3.63, 3.8) is 0 Å².